The summed E-state index contributed by atoms with van der Waals surface area (Å²) in [7, 11) is 1.57. The number of methoxy groups -OCH3 is 1. The molecule has 2 heterocycles. The molecule has 7 nitrogen and oxygen atoms in total. The van der Waals surface area contributed by atoms with Crippen LogP contribution in [0.25, 0.3) is 0 Å². The number of rotatable bonds is 7. The van der Waals surface area contributed by atoms with Crippen molar-refractivity contribution in [1.29, 1.82) is 0 Å². The number of nitrogens with one attached hydrogen (secondary N) is 1. The van der Waals surface area contributed by atoms with Gasteiger partial charge in [-0.25, -0.2) is 0 Å². The van der Waals surface area contributed by atoms with Gasteiger partial charge in [-0.05, 0) is 18.9 Å². The molecule has 1 amide bonds. The monoisotopic (exact) mass is 360 g/mol. The van der Waals surface area contributed by atoms with Crippen molar-refractivity contribution in [2.45, 2.75) is 38.7 Å². The predicted molar refractivity (Wildman–Crippen MR) is 93.7 cm³/mol. The van der Waals surface area contributed by atoms with Crippen LogP contribution in [-0.4, -0.2) is 43.5 Å². The molecule has 2 atom stereocenters. The maximum absolute atomic E-state index is 12.6. The molecule has 0 bridgehead atoms. The Balaban J connectivity index is 1.63. The molecular weight excluding hydrogens is 336 g/mol. The molecule has 1 saturated heterocycles. The third-order valence-electron chi connectivity index (χ3n) is 4.40. The Hall–Kier alpha value is -2.22. The lowest BCUT2D eigenvalue weighted by Gasteiger charge is -2.32. The Morgan fingerprint density at radius 2 is 2.12 bits per heavy atom. The van der Waals surface area contributed by atoms with Gasteiger partial charge in [0.2, 0.25) is 0 Å². The number of nitrogens with zero attached hydrogens (tertiary/aromatic N) is 1. The van der Waals surface area contributed by atoms with Crippen molar-refractivity contribution in [3.05, 3.63) is 52.9 Å². The fourth-order valence-corrected chi connectivity index (χ4v) is 2.95. The number of hydrogen-bond acceptors (Lipinski definition) is 6. The summed E-state index contributed by atoms with van der Waals surface area (Å²) in [6, 6.07) is 9.72. The van der Waals surface area contributed by atoms with E-state index in [1.54, 1.807) is 14.0 Å². The van der Waals surface area contributed by atoms with Gasteiger partial charge in [0.15, 0.2) is 5.69 Å². The van der Waals surface area contributed by atoms with E-state index in [1.165, 1.54) is 0 Å². The minimum absolute atomic E-state index is 0.119. The van der Waals surface area contributed by atoms with Gasteiger partial charge in [-0.2, -0.15) is 0 Å². The Bertz CT molecular complexity index is 716. The van der Waals surface area contributed by atoms with Crippen molar-refractivity contribution in [2.75, 3.05) is 20.3 Å². The van der Waals surface area contributed by atoms with Gasteiger partial charge in [-0.1, -0.05) is 35.5 Å². The summed E-state index contributed by atoms with van der Waals surface area (Å²) in [5, 5.41) is 6.84. The van der Waals surface area contributed by atoms with E-state index in [2.05, 4.69) is 10.5 Å². The molecule has 1 aromatic heterocycles. The first-order valence-electron chi connectivity index (χ1n) is 8.67. The molecule has 1 aromatic carbocycles. The molecule has 0 saturated carbocycles. The van der Waals surface area contributed by atoms with Gasteiger partial charge >= 0.3 is 0 Å². The molecule has 0 unspecified atom stereocenters. The van der Waals surface area contributed by atoms with Crippen molar-refractivity contribution in [3.63, 3.8) is 0 Å². The SMILES string of the molecule is COCc1c(C(=O)N[C@@H]2COCC[C@@H]2OCc2ccccc2)noc1C. The Labute approximate surface area is 152 Å². The molecule has 0 aliphatic carbocycles. The standard InChI is InChI=1S/C19H24N2O5/c1-13-15(11-23-2)18(21-26-13)19(22)20-16-12-24-9-8-17(16)25-10-14-6-4-3-5-7-14/h3-7,16-17H,8-12H2,1-2H3,(H,20,22)/t16-,17+/m1/s1. The van der Waals surface area contributed by atoms with Gasteiger partial charge in [0.1, 0.15) is 5.76 Å². The van der Waals surface area contributed by atoms with E-state index in [1.807, 2.05) is 30.3 Å². The Kier molecular flexibility index (Phi) is 6.38. The fraction of sp³-hybridized carbons (Fsp3) is 0.474. The molecule has 0 spiro atoms. The van der Waals surface area contributed by atoms with Crippen molar-refractivity contribution >= 4 is 5.91 Å². The van der Waals surface area contributed by atoms with Crippen molar-refractivity contribution in [3.8, 4) is 0 Å². The Morgan fingerprint density at radius 1 is 1.31 bits per heavy atom. The molecule has 1 N–H and O–H groups in total. The minimum Gasteiger partial charge on any atom is -0.380 e. The number of amides is 1. The molecule has 0 radical (unpaired) electrons. The van der Waals surface area contributed by atoms with E-state index in [9.17, 15) is 4.79 Å². The van der Waals surface area contributed by atoms with Crippen molar-refractivity contribution in [2.24, 2.45) is 0 Å². The highest BCUT2D eigenvalue weighted by Crippen LogP contribution is 2.18. The van der Waals surface area contributed by atoms with E-state index in [-0.39, 0.29) is 30.4 Å². The lowest BCUT2D eigenvalue weighted by Crippen LogP contribution is -2.50. The molecule has 140 valence electrons. The van der Waals surface area contributed by atoms with Crippen LogP contribution in [0.1, 0.15) is 33.8 Å². The molecule has 1 fully saturated rings. The smallest absolute Gasteiger partial charge is 0.274 e. The number of carbonyl (C=O) groups is 1. The highest BCUT2D eigenvalue weighted by molar-refractivity contribution is 5.94. The van der Waals surface area contributed by atoms with Crippen molar-refractivity contribution < 1.29 is 23.5 Å². The lowest BCUT2D eigenvalue weighted by atomic mass is 10.1. The van der Waals surface area contributed by atoms with Crippen LogP contribution in [0.2, 0.25) is 0 Å². The van der Waals surface area contributed by atoms with Crippen LogP contribution in [0.4, 0.5) is 0 Å². The third-order valence-corrected chi connectivity index (χ3v) is 4.40. The van der Waals surface area contributed by atoms with E-state index in [0.717, 1.165) is 12.0 Å². The summed E-state index contributed by atoms with van der Waals surface area (Å²) >= 11 is 0. The van der Waals surface area contributed by atoms with Crippen LogP contribution in [0.3, 0.4) is 0 Å². The van der Waals surface area contributed by atoms with Gasteiger partial charge in [0, 0.05) is 13.7 Å². The second-order valence-corrected chi connectivity index (χ2v) is 6.28. The molecule has 3 rings (SSSR count). The maximum atomic E-state index is 12.6. The summed E-state index contributed by atoms with van der Waals surface area (Å²) in [6.07, 6.45) is 0.604. The van der Waals surface area contributed by atoms with E-state index < -0.39 is 0 Å². The van der Waals surface area contributed by atoms with Crippen LogP contribution in [0, 0.1) is 6.92 Å². The third kappa shape index (κ3) is 4.49. The van der Waals surface area contributed by atoms with Gasteiger partial charge in [-0.15, -0.1) is 0 Å². The average molecular weight is 360 g/mol. The summed E-state index contributed by atoms with van der Waals surface area (Å²) in [5.74, 6) is 0.270. The molecule has 1 aliphatic heterocycles. The fourth-order valence-electron chi connectivity index (χ4n) is 2.95. The maximum Gasteiger partial charge on any atom is 0.274 e. The average Bonchev–Trinajstić information content (AvgIpc) is 3.03. The first-order chi connectivity index (χ1) is 12.7. The lowest BCUT2D eigenvalue weighted by molar-refractivity contribution is -0.0605. The molecule has 7 heteroatoms. The number of aryl methyl sites for hydroxylation is 1. The molecule has 1 aliphatic rings. The summed E-state index contributed by atoms with van der Waals surface area (Å²) in [4.78, 5) is 12.6. The van der Waals surface area contributed by atoms with Crippen molar-refractivity contribution in [1.82, 2.24) is 10.5 Å². The minimum atomic E-state index is -0.308. The van der Waals surface area contributed by atoms with E-state index in [4.69, 9.17) is 18.7 Å². The normalized spacial score (nSPS) is 20.1. The zero-order chi connectivity index (χ0) is 18.4. The number of ether oxygens (including phenoxy) is 3. The van der Waals surface area contributed by atoms with Crippen LogP contribution >= 0.6 is 0 Å². The molecule has 26 heavy (non-hydrogen) atoms. The van der Waals surface area contributed by atoms with Crippen LogP contribution < -0.4 is 5.32 Å². The predicted octanol–water partition coefficient (Wildman–Crippen LogP) is 2.23. The Morgan fingerprint density at radius 3 is 2.88 bits per heavy atom. The summed E-state index contributed by atoms with van der Waals surface area (Å²) < 4.78 is 21.8. The molecule has 2 aromatic rings. The largest absolute Gasteiger partial charge is 0.380 e. The number of hydrogen-bond donors (Lipinski definition) is 1. The topological polar surface area (TPSA) is 82.8 Å². The zero-order valence-electron chi connectivity index (χ0n) is 15.1. The number of aromatic nitrogens is 1. The quantitative estimate of drug-likeness (QED) is 0.815. The van der Waals surface area contributed by atoms with Gasteiger partial charge in [0.05, 0.1) is 37.5 Å². The highest BCUT2D eigenvalue weighted by Gasteiger charge is 2.30. The van der Waals surface area contributed by atoms with E-state index in [0.29, 0.717) is 31.1 Å². The van der Waals surface area contributed by atoms with Gasteiger partial charge in [0.25, 0.3) is 5.91 Å². The first-order valence-corrected chi connectivity index (χ1v) is 8.67. The zero-order valence-corrected chi connectivity index (χ0v) is 15.1. The van der Waals surface area contributed by atoms with Gasteiger partial charge in [-0.3, -0.25) is 4.79 Å². The first kappa shape index (κ1) is 18.6. The molecular formula is C19H24N2O5. The number of benzene rings is 1. The van der Waals surface area contributed by atoms with Crippen LogP contribution in [0.5, 0.6) is 0 Å². The summed E-state index contributed by atoms with van der Waals surface area (Å²) in [5.41, 5.74) is 2.00. The summed E-state index contributed by atoms with van der Waals surface area (Å²) in [6.45, 7) is 3.54. The van der Waals surface area contributed by atoms with E-state index >= 15 is 0 Å². The number of carbonyl (C=O) groups excluding carboxylic acids is 1. The second kappa shape index (κ2) is 8.93. The second-order valence-electron chi connectivity index (χ2n) is 6.28. The van der Waals surface area contributed by atoms with Gasteiger partial charge < -0.3 is 24.1 Å². The highest BCUT2D eigenvalue weighted by atomic mass is 16.5. The van der Waals surface area contributed by atoms with Crippen LogP contribution in [0.15, 0.2) is 34.9 Å². The van der Waals surface area contributed by atoms with Crippen LogP contribution in [-0.2, 0) is 27.4 Å².